The van der Waals surface area contributed by atoms with Crippen LogP contribution in [-0.4, -0.2) is 9.13 Å². The zero-order valence-corrected chi connectivity index (χ0v) is 41.0. The fourth-order valence-corrected chi connectivity index (χ4v) is 11.3. The molecule has 0 saturated carbocycles. The van der Waals surface area contributed by atoms with Gasteiger partial charge in [-0.3, -0.25) is 0 Å². The van der Waals surface area contributed by atoms with Crippen LogP contribution in [0.2, 0.25) is 0 Å². The van der Waals surface area contributed by atoms with Crippen LogP contribution >= 0.6 is 0 Å². The Labute approximate surface area is 422 Å². The highest BCUT2D eigenvalue weighted by Crippen LogP contribution is 2.48. The van der Waals surface area contributed by atoms with E-state index in [-0.39, 0.29) is 16.8 Å². The summed E-state index contributed by atoms with van der Waals surface area (Å²) in [6.45, 7) is 18.9. The molecule has 0 fully saturated rings. The van der Waals surface area contributed by atoms with Gasteiger partial charge in [0.05, 0.1) is 45.6 Å². The number of fused-ring (bicyclic) bond motifs is 6. The minimum Gasteiger partial charge on any atom is -0.308 e. The fraction of sp³-hybridized carbons (Fsp3) is 0.0896. The Balaban J connectivity index is 1.24. The summed E-state index contributed by atoms with van der Waals surface area (Å²) in [6.07, 6.45) is -4.68. The van der Waals surface area contributed by atoms with E-state index in [9.17, 15) is 0 Å². The molecular formula is C67H48F3N3. The third kappa shape index (κ3) is 7.51. The molecule has 2 aromatic heterocycles. The number of aromatic nitrogens is 2. The quantitative estimate of drug-likeness (QED) is 0.141. The molecule has 3 nitrogen and oxygen atoms in total. The van der Waals surface area contributed by atoms with Crippen molar-refractivity contribution >= 4 is 49.3 Å². The average molecular weight is 952 g/mol. The van der Waals surface area contributed by atoms with E-state index in [2.05, 4.69) is 187 Å². The first-order valence-corrected chi connectivity index (χ1v) is 24.5. The van der Waals surface area contributed by atoms with E-state index in [0.29, 0.717) is 16.9 Å². The summed E-state index contributed by atoms with van der Waals surface area (Å²) < 4.78 is 50.2. The largest absolute Gasteiger partial charge is 0.416 e. The highest BCUT2D eigenvalue weighted by molar-refractivity contribution is 6.14. The van der Waals surface area contributed by atoms with Crippen molar-refractivity contribution in [1.29, 1.82) is 0 Å². The standard InChI is InChI=1S/C67H48F3N3/c1-40-16-7-11-21-49(40)45-26-30-60-53(34-45)54-35-46(50-22-12-8-17-41(50)2)27-31-61(54)72(60)64-38-57(66-44(5)20-15-25-58(66)67(68,69)70)59(71-6)39-65(64)73-62-32-28-47(51-23-13-9-18-42(51)3)36-55(62)56-37-48(29-33-63(56)73)52-24-14-10-19-43(52)4/h7-39H,1-5H3. The highest BCUT2D eigenvalue weighted by Gasteiger charge is 2.35. The van der Waals surface area contributed by atoms with E-state index in [1.807, 2.05) is 36.4 Å². The smallest absolute Gasteiger partial charge is 0.308 e. The van der Waals surface area contributed by atoms with Crippen LogP contribution in [0.3, 0.4) is 0 Å². The van der Waals surface area contributed by atoms with Crippen molar-refractivity contribution in [3.05, 3.63) is 245 Å². The summed E-state index contributed by atoms with van der Waals surface area (Å²) in [5.41, 5.74) is 18.1. The van der Waals surface area contributed by atoms with Crippen molar-refractivity contribution in [2.45, 2.75) is 40.8 Å². The van der Waals surface area contributed by atoms with Crippen LogP contribution in [0, 0.1) is 41.2 Å². The zero-order valence-electron chi connectivity index (χ0n) is 41.0. The maximum Gasteiger partial charge on any atom is 0.416 e. The Morgan fingerprint density at radius 2 is 0.685 bits per heavy atom. The maximum atomic E-state index is 15.3. The number of nitrogens with zero attached hydrogens (tertiary/aromatic N) is 3. The van der Waals surface area contributed by atoms with Crippen molar-refractivity contribution in [2.24, 2.45) is 0 Å². The van der Waals surface area contributed by atoms with Crippen LogP contribution in [0.5, 0.6) is 0 Å². The van der Waals surface area contributed by atoms with Gasteiger partial charge in [0.2, 0.25) is 0 Å². The highest BCUT2D eigenvalue weighted by atomic mass is 19.4. The van der Waals surface area contributed by atoms with Crippen LogP contribution in [0.15, 0.2) is 200 Å². The molecule has 12 aromatic rings. The predicted octanol–water partition coefficient (Wildman–Crippen LogP) is 19.3. The molecule has 0 atom stereocenters. The molecule has 0 spiro atoms. The van der Waals surface area contributed by atoms with Gasteiger partial charge in [-0.05, 0) is 185 Å². The molecule has 0 bridgehead atoms. The summed E-state index contributed by atoms with van der Waals surface area (Å²) in [5.74, 6) is 0. The van der Waals surface area contributed by atoms with Crippen LogP contribution in [0.4, 0.5) is 18.9 Å². The molecule has 0 saturated heterocycles. The summed E-state index contributed by atoms with van der Waals surface area (Å²) >= 11 is 0. The molecule has 0 radical (unpaired) electrons. The van der Waals surface area contributed by atoms with E-state index >= 15 is 13.2 Å². The number of rotatable bonds is 7. The fourth-order valence-electron chi connectivity index (χ4n) is 11.3. The molecule has 352 valence electrons. The van der Waals surface area contributed by atoms with E-state index in [4.69, 9.17) is 6.57 Å². The van der Waals surface area contributed by atoms with Crippen LogP contribution in [-0.2, 0) is 6.18 Å². The number of benzene rings is 10. The first kappa shape index (κ1) is 45.2. The number of aryl methyl sites for hydroxylation is 5. The van der Waals surface area contributed by atoms with Crippen molar-refractivity contribution in [3.63, 3.8) is 0 Å². The van der Waals surface area contributed by atoms with Gasteiger partial charge in [-0.1, -0.05) is 133 Å². The first-order valence-electron chi connectivity index (χ1n) is 24.5. The van der Waals surface area contributed by atoms with E-state index in [0.717, 1.165) is 116 Å². The van der Waals surface area contributed by atoms with Gasteiger partial charge in [0, 0.05) is 21.5 Å². The van der Waals surface area contributed by atoms with Gasteiger partial charge in [0.25, 0.3) is 0 Å². The Kier molecular flexibility index (Phi) is 10.8. The topological polar surface area (TPSA) is 14.2 Å². The number of hydrogen-bond acceptors (Lipinski definition) is 0. The Morgan fingerprint density at radius 1 is 0.356 bits per heavy atom. The molecule has 10 aromatic carbocycles. The van der Waals surface area contributed by atoms with Gasteiger partial charge in [0.15, 0.2) is 5.69 Å². The lowest BCUT2D eigenvalue weighted by Crippen LogP contribution is -2.09. The lowest BCUT2D eigenvalue weighted by Gasteiger charge is -2.22. The molecule has 73 heavy (non-hydrogen) atoms. The molecule has 0 aliphatic heterocycles. The Hall–Kier alpha value is -8.92. The summed E-state index contributed by atoms with van der Waals surface area (Å²) in [7, 11) is 0. The zero-order chi connectivity index (χ0) is 50.3. The van der Waals surface area contributed by atoms with Gasteiger partial charge < -0.3 is 9.13 Å². The normalized spacial score (nSPS) is 11.8. The summed E-state index contributed by atoms with van der Waals surface area (Å²) in [4.78, 5) is 4.08. The van der Waals surface area contributed by atoms with E-state index in [1.54, 1.807) is 13.0 Å². The van der Waals surface area contributed by atoms with Crippen molar-refractivity contribution in [1.82, 2.24) is 9.13 Å². The Morgan fingerprint density at radius 3 is 1.01 bits per heavy atom. The molecule has 0 amide bonds. The molecule has 0 aliphatic rings. The lowest BCUT2D eigenvalue weighted by atomic mass is 9.92. The monoisotopic (exact) mass is 951 g/mol. The molecule has 12 rings (SSSR count). The second-order valence-electron chi connectivity index (χ2n) is 19.3. The third-order valence-electron chi connectivity index (χ3n) is 14.9. The van der Waals surface area contributed by atoms with Crippen LogP contribution in [0.25, 0.3) is 115 Å². The minimum absolute atomic E-state index is 0.00814. The van der Waals surface area contributed by atoms with Gasteiger partial charge >= 0.3 is 6.18 Å². The SMILES string of the molecule is [C-]#[N+]c1cc(-n2c3ccc(-c4ccccc4C)cc3c3cc(-c4ccccc4C)ccc32)c(-n2c3ccc(-c4ccccc4C)cc3c3cc(-c4ccccc4C)ccc32)cc1-c1c(C)cccc1C(F)(F)F. The van der Waals surface area contributed by atoms with Crippen LogP contribution < -0.4 is 0 Å². The average Bonchev–Trinajstić information content (AvgIpc) is 3.90. The second-order valence-corrected chi connectivity index (χ2v) is 19.3. The second kappa shape index (κ2) is 17.4. The van der Waals surface area contributed by atoms with Gasteiger partial charge in [-0.2, -0.15) is 13.2 Å². The number of hydrogen-bond donors (Lipinski definition) is 0. The van der Waals surface area contributed by atoms with E-state index < -0.39 is 11.7 Å². The van der Waals surface area contributed by atoms with Crippen LogP contribution in [0.1, 0.15) is 33.4 Å². The molecule has 6 heteroatoms. The molecular weight excluding hydrogens is 904 g/mol. The van der Waals surface area contributed by atoms with Gasteiger partial charge in [0.1, 0.15) is 0 Å². The Bertz CT molecular complexity index is 4070. The first-order chi connectivity index (χ1) is 35.4. The van der Waals surface area contributed by atoms with Crippen molar-refractivity contribution < 1.29 is 13.2 Å². The number of halogens is 3. The van der Waals surface area contributed by atoms with Crippen molar-refractivity contribution in [2.75, 3.05) is 0 Å². The molecule has 0 unspecified atom stereocenters. The summed E-state index contributed by atoms with van der Waals surface area (Å²) in [5, 5.41) is 4.01. The predicted molar refractivity (Wildman–Crippen MR) is 297 cm³/mol. The molecule has 2 heterocycles. The number of alkyl halides is 3. The minimum atomic E-state index is -4.68. The van der Waals surface area contributed by atoms with E-state index in [1.165, 1.54) is 6.07 Å². The maximum absolute atomic E-state index is 15.3. The molecule has 0 N–H and O–H groups in total. The van der Waals surface area contributed by atoms with Gasteiger partial charge in [-0.15, -0.1) is 0 Å². The summed E-state index contributed by atoms with van der Waals surface area (Å²) in [6, 6.07) is 67.5. The third-order valence-corrected chi connectivity index (χ3v) is 14.9. The van der Waals surface area contributed by atoms with Gasteiger partial charge in [-0.25, -0.2) is 4.85 Å². The van der Waals surface area contributed by atoms with Crippen molar-refractivity contribution in [3.8, 4) is 67.0 Å². The molecule has 0 aliphatic carbocycles. The lowest BCUT2D eigenvalue weighted by molar-refractivity contribution is -0.137.